The van der Waals surface area contributed by atoms with Crippen LogP contribution in [0.2, 0.25) is 0 Å². The van der Waals surface area contributed by atoms with E-state index in [9.17, 15) is 4.79 Å². The molecule has 4 aromatic rings. The zero-order valence-electron chi connectivity index (χ0n) is 20.1. The molecule has 1 saturated carbocycles. The predicted molar refractivity (Wildman–Crippen MR) is 135 cm³/mol. The Bertz CT molecular complexity index is 1350. The zero-order chi connectivity index (χ0) is 24.3. The molecule has 2 N–H and O–H groups in total. The summed E-state index contributed by atoms with van der Waals surface area (Å²) in [4.78, 5) is 16.4. The highest BCUT2D eigenvalue weighted by atomic mass is 16.5. The number of aromatic nitrogens is 1. The first-order chi connectivity index (χ1) is 16.5. The van der Waals surface area contributed by atoms with E-state index >= 15 is 0 Å². The van der Waals surface area contributed by atoms with Crippen molar-refractivity contribution >= 4 is 27.5 Å². The van der Waals surface area contributed by atoms with Crippen LogP contribution in [0.25, 0.3) is 21.7 Å². The smallest absolute Gasteiger partial charge is 0.163 e. The Morgan fingerprint density at radius 3 is 2.50 bits per heavy atom. The van der Waals surface area contributed by atoms with Crippen LogP contribution in [-0.2, 0) is 0 Å². The fourth-order valence-electron chi connectivity index (χ4n) is 3.78. The van der Waals surface area contributed by atoms with Gasteiger partial charge in [0.1, 0.15) is 18.1 Å². The van der Waals surface area contributed by atoms with E-state index in [1.165, 1.54) is 0 Å². The summed E-state index contributed by atoms with van der Waals surface area (Å²) in [5.41, 5.74) is 7.36. The Labute approximate surface area is 199 Å². The highest BCUT2D eigenvalue weighted by Gasteiger charge is 2.39. The number of nitrogens with zero attached hydrogens (tertiary/aromatic N) is 1. The summed E-state index contributed by atoms with van der Waals surface area (Å²) in [6.45, 7) is 6.02. The summed E-state index contributed by atoms with van der Waals surface area (Å²) in [7, 11) is 1.61. The molecule has 6 nitrogen and oxygen atoms in total. The lowest BCUT2D eigenvalue weighted by Gasteiger charge is -2.16. The Morgan fingerprint density at radius 2 is 1.79 bits per heavy atom. The molecular formula is C28H30N2O4. The lowest BCUT2D eigenvalue weighted by atomic mass is 10.0. The molecule has 0 aliphatic heterocycles. The number of carbonyl (C=O) groups excluding carboxylic acids is 1. The minimum Gasteiger partial charge on any atom is -0.493 e. The van der Waals surface area contributed by atoms with Crippen molar-refractivity contribution < 1.29 is 19.0 Å². The minimum absolute atomic E-state index is 0.0387. The molecule has 1 aliphatic rings. The van der Waals surface area contributed by atoms with Crippen LogP contribution in [0.5, 0.6) is 23.0 Å². The molecule has 0 amide bonds. The van der Waals surface area contributed by atoms with Crippen LogP contribution in [0.15, 0.2) is 60.8 Å². The van der Waals surface area contributed by atoms with Crippen LogP contribution in [0.1, 0.15) is 44.0 Å². The molecule has 1 aromatic heterocycles. The van der Waals surface area contributed by atoms with Crippen molar-refractivity contribution in [1.82, 2.24) is 4.98 Å². The SMILES string of the molecule is CC.COc1cc2c(Oc3ccc4c(C(C)=O)cccc4c3)ccnc2cc1OCC1(N)CC1. The van der Waals surface area contributed by atoms with Crippen molar-refractivity contribution in [2.24, 2.45) is 5.73 Å². The third kappa shape index (κ3) is 4.82. The van der Waals surface area contributed by atoms with Crippen LogP contribution in [0.4, 0.5) is 0 Å². The molecule has 0 radical (unpaired) electrons. The summed E-state index contributed by atoms with van der Waals surface area (Å²) in [6.07, 6.45) is 3.64. The lowest BCUT2D eigenvalue weighted by Crippen LogP contribution is -2.29. The summed E-state index contributed by atoms with van der Waals surface area (Å²) in [6, 6.07) is 16.9. The van der Waals surface area contributed by atoms with E-state index in [2.05, 4.69) is 4.98 Å². The standard InChI is InChI=1S/C26H24N2O4.C2H6/c1-16(29)19-5-3-4-17-12-18(6-7-20(17)19)32-23-8-11-28-22-14-25(24(30-2)13-21(22)23)31-15-26(27)9-10-26;1-2/h3-8,11-14H,9-10,15,27H2,1-2H3;1-2H3. The van der Waals surface area contributed by atoms with E-state index in [0.717, 1.165) is 34.5 Å². The second-order valence-corrected chi connectivity index (χ2v) is 8.33. The van der Waals surface area contributed by atoms with Crippen LogP contribution >= 0.6 is 0 Å². The van der Waals surface area contributed by atoms with Crippen LogP contribution in [0.3, 0.4) is 0 Å². The number of Topliss-reactive ketones (excluding diaryl/α,β-unsaturated/α-hetero) is 1. The molecule has 1 fully saturated rings. The van der Waals surface area contributed by atoms with Gasteiger partial charge in [-0.3, -0.25) is 9.78 Å². The second-order valence-electron chi connectivity index (χ2n) is 8.33. The van der Waals surface area contributed by atoms with Gasteiger partial charge in [-0.25, -0.2) is 0 Å². The fourth-order valence-corrected chi connectivity index (χ4v) is 3.78. The highest BCUT2D eigenvalue weighted by molar-refractivity contribution is 6.07. The molecule has 5 rings (SSSR count). The van der Waals surface area contributed by atoms with Gasteiger partial charge in [-0.15, -0.1) is 0 Å². The van der Waals surface area contributed by atoms with E-state index in [-0.39, 0.29) is 11.3 Å². The maximum Gasteiger partial charge on any atom is 0.163 e. The quantitative estimate of drug-likeness (QED) is 0.328. The Balaban J connectivity index is 0.00000133. The molecule has 0 unspecified atom stereocenters. The number of ether oxygens (including phenoxy) is 3. The van der Waals surface area contributed by atoms with E-state index < -0.39 is 0 Å². The molecule has 34 heavy (non-hydrogen) atoms. The molecule has 176 valence electrons. The number of hydrogen-bond acceptors (Lipinski definition) is 6. The molecule has 1 aliphatic carbocycles. The van der Waals surface area contributed by atoms with Crippen molar-refractivity contribution in [1.29, 1.82) is 0 Å². The van der Waals surface area contributed by atoms with E-state index in [1.807, 2.05) is 68.4 Å². The third-order valence-corrected chi connectivity index (χ3v) is 5.85. The number of rotatable bonds is 7. The number of nitrogens with two attached hydrogens (primary N) is 1. The largest absolute Gasteiger partial charge is 0.493 e. The Hall–Kier alpha value is -3.64. The van der Waals surface area contributed by atoms with Gasteiger partial charge in [-0.2, -0.15) is 0 Å². The number of fused-ring (bicyclic) bond motifs is 2. The van der Waals surface area contributed by atoms with Crippen molar-refractivity contribution in [2.75, 3.05) is 13.7 Å². The van der Waals surface area contributed by atoms with Crippen LogP contribution in [-0.4, -0.2) is 30.0 Å². The first-order valence-corrected chi connectivity index (χ1v) is 11.6. The number of methoxy groups -OCH3 is 1. The normalized spacial score (nSPS) is 13.7. The van der Waals surface area contributed by atoms with Gasteiger partial charge in [0.05, 0.1) is 18.2 Å². The summed E-state index contributed by atoms with van der Waals surface area (Å²) in [5, 5.41) is 2.66. The molecule has 0 spiro atoms. The number of ketones is 1. The van der Waals surface area contributed by atoms with E-state index in [1.54, 1.807) is 20.2 Å². The first-order valence-electron chi connectivity index (χ1n) is 11.6. The third-order valence-electron chi connectivity index (χ3n) is 5.85. The predicted octanol–water partition coefficient (Wildman–Crippen LogP) is 6.29. The zero-order valence-corrected chi connectivity index (χ0v) is 20.1. The average Bonchev–Trinajstić information content (AvgIpc) is 3.60. The van der Waals surface area contributed by atoms with Gasteiger partial charge in [-0.1, -0.05) is 32.0 Å². The fraction of sp³-hybridized carbons (Fsp3) is 0.286. The summed E-state index contributed by atoms with van der Waals surface area (Å²) < 4.78 is 17.7. The molecule has 6 heteroatoms. The number of hydrogen-bond donors (Lipinski definition) is 1. The monoisotopic (exact) mass is 458 g/mol. The van der Waals surface area contributed by atoms with Gasteiger partial charge >= 0.3 is 0 Å². The topological polar surface area (TPSA) is 83.7 Å². The van der Waals surface area contributed by atoms with Gasteiger partial charge in [0.25, 0.3) is 0 Å². The van der Waals surface area contributed by atoms with Crippen LogP contribution in [0, 0.1) is 0 Å². The maximum absolute atomic E-state index is 11.9. The maximum atomic E-state index is 11.9. The van der Waals surface area contributed by atoms with E-state index in [4.69, 9.17) is 19.9 Å². The van der Waals surface area contributed by atoms with Gasteiger partial charge in [-0.05, 0) is 60.9 Å². The highest BCUT2D eigenvalue weighted by Crippen LogP contribution is 2.39. The number of benzene rings is 3. The molecule has 0 atom stereocenters. The van der Waals surface area contributed by atoms with Crippen molar-refractivity contribution in [3.05, 3.63) is 66.4 Å². The van der Waals surface area contributed by atoms with Crippen molar-refractivity contribution in [2.45, 2.75) is 39.2 Å². The van der Waals surface area contributed by atoms with Crippen LogP contribution < -0.4 is 19.9 Å². The summed E-state index contributed by atoms with van der Waals surface area (Å²) >= 11 is 0. The molecule has 1 heterocycles. The summed E-state index contributed by atoms with van der Waals surface area (Å²) in [5.74, 6) is 2.58. The van der Waals surface area contributed by atoms with Crippen molar-refractivity contribution in [3.8, 4) is 23.0 Å². The number of pyridine rings is 1. The molecule has 0 saturated heterocycles. The molecule has 0 bridgehead atoms. The molecular weight excluding hydrogens is 428 g/mol. The molecule has 3 aromatic carbocycles. The Morgan fingerprint density at radius 1 is 1.00 bits per heavy atom. The number of carbonyl (C=O) groups is 1. The van der Waals surface area contributed by atoms with E-state index in [0.29, 0.717) is 35.2 Å². The van der Waals surface area contributed by atoms with Crippen molar-refractivity contribution in [3.63, 3.8) is 0 Å². The average molecular weight is 459 g/mol. The minimum atomic E-state index is -0.226. The van der Waals surface area contributed by atoms with Gasteiger partial charge < -0.3 is 19.9 Å². The Kier molecular flexibility index (Phi) is 6.70. The van der Waals surface area contributed by atoms with Gasteiger partial charge in [0.2, 0.25) is 0 Å². The lowest BCUT2D eigenvalue weighted by molar-refractivity contribution is 0.101. The van der Waals surface area contributed by atoms with Gasteiger partial charge in [0, 0.05) is 23.2 Å². The van der Waals surface area contributed by atoms with Gasteiger partial charge in [0.15, 0.2) is 17.3 Å². The first kappa shape index (κ1) is 23.5. The second kappa shape index (κ2) is 9.69.